The van der Waals surface area contributed by atoms with Crippen molar-refractivity contribution in [2.75, 3.05) is 13.1 Å². The van der Waals surface area contributed by atoms with Crippen molar-refractivity contribution in [1.29, 1.82) is 0 Å². The molecule has 6 nitrogen and oxygen atoms in total. The highest BCUT2D eigenvalue weighted by atomic mass is 35.5. The van der Waals surface area contributed by atoms with Gasteiger partial charge >= 0.3 is 0 Å². The third-order valence-electron chi connectivity index (χ3n) is 4.26. The molecule has 1 aliphatic rings. The van der Waals surface area contributed by atoms with Gasteiger partial charge in [0.25, 0.3) is 5.91 Å². The molecule has 138 valence electrons. The van der Waals surface area contributed by atoms with E-state index in [1.807, 2.05) is 6.07 Å². The van der Waals surface area contributed by atoms with Crippen LogP contribution in [0.5, 0.6) is 5.75 Å². The first-order valence-corrected chi connectivity index (χ1v) is 10.0. The Morgan fingerprint density at radius 3 is 2.50 bits per heavy atom. The first-order valence-electron chi connectivity index (χ1n) is 8.20. The standard InChI is InChI=1S/C18H19ClN2O4S/c19-16-6-2-1-5-13(16)12-25-17-8-7-14(11-15(17)18(20)22)26(23,24)21-9-3-4-10-21/h1-2,5-8,11H,3-4,9-10,12H2,(H2,20,22). The Morgan fingerprint density at radius 2 is 1.85 bits per heavy atom. The van der Waals surface area contributed by atoms with Crippen molar-refractivity contribution in [3.8, 4) is 5.75 Å². The molecule has 2 aromatic carbocycles. The molecule has 0 bridgehead atoms. The van der Waals surface area contributed by atoms with Crippen LogP contribution in [-0.2, 0) is 16.6 Å². The molecule has 0 aromatic heterocycles. The number of halogens is 1. The second-order valence-corrected chi connectivity index (χ2v) is 8.36. The summed E-state index contributed by atoms with van der Waals surface area (Å²) in [5.41, 5.74) is 6.20. The molecule has 1 amide bonds. The van der Waals surface area contributed by atoms with E-state index in [1.165, 1.54) is 22.5 Å². The van der Waals surface area contributed by atoms with Crippen LogP contribution in [0.15, 0.2) is 47.4 Å². The average Bonchev–Trinajstić information content (AvgIpc) is 3.16. The highest BCUT2D eigenvalue weighted by Gasteiger charge is 2.28. The lowest BCUT2D eigenvalue weighted by atomic mass is 10.2. The smallest absolute Gasteiger partial charge is 0.252 e. The summed E-state index contributed by atoms with van der Waals surface area (Å²) in [4.78, 5) is 11.8. The highest BCUT2D eigenvalue weighted by molar-refractivity contribution is 7.89. The third-order valence-corrected chi connectivity index (χ3v) is 6.52. The van der Waals surface area contributed by atoms with Crippen LogP contribution in [0.1, 0.15) is 28.8 Å². The Morgan fingerprint density at radius 1 is 1.15 bits per heavy atom. The summed E-state index contributed by atoms with van der Waals surface area (Å²) in [5, 5.41) is 0.543. The van der Waals surface area contributed by atoms with Gasteiger partial charge in [-0.15, -0.1) is 0 Å². The Balaban J connectivity index is 1.88. The summed E-state index contributed by atoms with van der Waals surface area (Å²) in [7, 11) is -3.64. The van der Waals surface area contributed by atoms with Gasteiger partial charge in [0, 0.05) is 23.7 Å². The molecule has 3 rings (SSSR count). The van der Waals surface area contributed by atoms with Crippen LogP contribution >= 0.6 is 11.6 Å². The van der Waals surface area contributed by atoms with Gasteiger partial charge in [0.2, 0.25) is 10.0 Å². The summed E-state index contributed by atoms with van der Waals surface area (Å²) >= 11 is 6.09. The normalized spacial score (nSPS) is 15.1. The van der Waals surface area contributed by atoms with Crippen molar-refractivity contribution < 1.29 is 17.9 Å². The Hall–Kier alpha value is -2.09. The maximum atomic E-state index is 12.7. The van der Waals surface area contributed by atoms with E-state index in [9.17, 15) is 13.2 Å². The zero-order chi connectivity index (χ0) is 18.7. The van der Waals surface area contributed by atoms with Crippen LogP contribution in [0.4, 0.5) is 0 Å². The van der Waals surface area contributed by atoms with Gasteiger partial charge in [-0.1, -0.05) is 29.8 Å². The number of nitrogens with two attached hydrogens (primary N) is 1. The Kier molecular flexibility index (Phi) is 5.50. The average molecular weight is 395 g/mol. The van der Waals surface area contributed by atoms with E-state index in [1.54, 1.807) is 18.2 Å². The second kappa shape index (κ2) is 7.65. The van der Waals surface area contributed by atoms with Crippen LogP contribution in [0.2, 0.25) is 5.02 Å². The molecule has 0 atom stereocenters. The maximum Gasteiger partial charge on any atom is 0.252 e. The van der Waals surface area contributed by atoms with E-state index in [2.05, 4.69) is 0 Å². The molecule has 8 heteroatoms. The lowest BCUT2D eigenvalue weighted by Gasteiger charge is -2.17. The van der Waals surface area contributed by atoms with Crippen LogP contribution in [-0.4, -0.2) is 31.7 Å². The molecule has 0 aliphatic carbocycles. The number of primary amides is 1. The first-order chi connectivity index (χ1) is 12.4. The molecule has 1 heterocycles. The van der Waals surface area contributed by atoms with Gasteiger partial charge in [-0.05, 0) is 37.1 Å². The van der Waals surface area contributed by atoms with Gasteiger partial charge in [-0.2, -0.15) is 4.31 Å². The van der Waals surface area contributed by atoms with Crippen LogP contribution < -0.4 is 10.5 Å². The molecule has 1 saturated heterocycles. The van der Waals surface area contributed by atoms with Crippen molar-refractivity contribution in [2.45, 2.75) is 24.3 Å². The number of rotatable bonds is 6. The quantitative estimate of drug-likeness (QED) is 0.815. The van der Waals surface area contributed by atoms with Crippen LogP contribution in [0.3, 0.4) is 0 Å². The van der Waals surface area contributed by atoms with E-state index in [4.69, 9.17) is 22.1 Å². The fourth-order valence-electron chi connectivity index (χ4n) is 2.84. The number of nitrogens with zero attached hydrogens (tertiary/aromatic N) is 1. The fourth-order valence-corrected chi connectivity index (χ4v) is 4.57. The minimum Gasteiger partial charge on any atom is -0.488 e. The number of benzene rings is 2. The molecule has 0 spiro atoms. The summed E-state index contributed by atoms with van der Waals surface area (Å²) < 4.78 is 32.4. The SMILES string of the molecule is NC(=O)c1cc(S(=O)(=O)N2CCCC2)ccc1OCc1ccccc1Cl. The molecule has 0 radical (unpaired) electrons. The summed E-state index contributed by atoms with van der Waals surface area (Å²) in [6.07, 6.45) is 1.67. The molecule has 2 aromatic rings. The van der Waals surface area contributed by atoms with Gasteiger partial charge in [0.05, 0.1) is 10.5 Å². The van der Waals surface area contributed by atoms with Crippen LogP contribution in [0, 0.1) is 0 Å². The number of hydrogen-bond donors (Lipinski definition) is 1. The summed E-state index contributed by atoms with van der Waals surface area (Å²) in [6.45, 7) is 1.11. The van der Waals surface area contributed by atoms with Gasteiger partial charge < -0.3 is 10.5 Å². The maximum absolute atomic E-state index is 12.7. The predicted octanol–water partition coefficient (Wildman–Crippen LogP) is 2.80. The van der Waals surface area contributed by atoms with Crippen molar-refractivity contribution in [1.82, 2.24) is 4.31 Å². The van der Waals surface area contributed by atoms with E-state index in [0.29, 0.717) is 18.1 Å². The van der Waals surface area contributed by atoms with E-state index in [0.717, 1.165) is 18.4 Å². The van der Waals surface area contributed by atoms with Crippen molar-refractivity contribution in [3.63, 3.8) is 0 Å². The number of carbonyl (C=O) groups is 1. The molecular formula is C18H19ClN2O4S. The van der Waals surface area contributed by atoms with E-state index >= 15 is 0 Å². The van der Waals surface area contributed by atoms with Crippen molar-refractivity contribution in [2.24, 2.45) is 5.73 Å². The molecule has 0 unspecified atom stereocenters. The molecular weight excluding hydrogens is 376 g/mol. The zero-order valence-electron chi connectivity index (χ0n) is 14.0. The highest BCUT2D eigenvalue weighted by Crippen LogP contribution is 2.27. The molecule has 1 fully saturated rings. The summed E-state index contributed by atoms with van der Waals surface area (Å²) in [5.74, 6) is -0.532. The van der Waals surface area contributed by atoms with E-state index < -0.39 is 15.9 Å². The van der Waals surface area contributed by atoms with Crippen molar-refractivity contribution in [3.05, 3.63) is 58.6 Å². The predicted molar refractivity (Wildman–Crippen MR) is 98.7 cm³/mol. The van der Waals surface area contributed by atoms with Gasteiger partial charge in [-0.3, -0.25) is 4.79 Å². The minimum absolute atomic E-state index is 0.0253. The van der Waals surface area contributed by atoms with E-state index in [-0.39, 0.29) is 22.8 Å². The van der Waals surface area contributed by atoms with Gasteiger partial charge in [0.15, 0.2) is 0 Å². The third kappa shape index (κ3) is 3.85. The number of sulfonamides is 1. The zero-order valence-corrected chi connectivity index (χ0v) is 15.6. The number of hydrogen-bond acceptors (Lipinski definition) is 4. The van der Waals surface area contributed by atoms with Gasteiger partial charge in [-0.25, -0.2) is 8.42 Å². The first kappa shape index (κ1) is 18.7. The molecule has 1 aliphatic heterocycles. The van der Waals surface area contributed by atoms with Gasteiger partial charge in [0.1, 0.15) is 12.4 Å². The Labute approximate surface area is 157 Å². The molecule has 26 heavy (non-hydrogen) atoms. The monoisotopic (exact) mass is 394 g/mol. The lowest BCUT2D eigenvalue weighted by molar-refractivity contribution is 0.0995. The number of amides is 1. The Bertz CT molecular complexity index is 925. The number of ether oxygens (including phenoxy) is 1. The van der Waals surface area contributed by atoms with Crippen molar-refractivity contribution >= 4 is 27.5 Å². The largest absolute Gasteiger partial charge is 0.488 e. The summed E-state index contributed by atoms with van der Waals surface area (Å²) in [6, 6.07) is 11.3. The second-order valence-electron chi connectivity index (χ2n) is 6.01. The molecule has 2 N–H and O–H groups in total. The lowest BCUT2D eigenvalue weighted by Crippen LogP contribution is -2.28. The minimum atomic E-state index is -3.64. The fraction of sp³-hybridized carbons (Fsp3) is 0.278. The number of carbonyl (C=O) groups excluding carboxylic acids is 1. The topological polar surface area (TPSA) is 89.7 Å². The van der Waals surface area contributed by atoms with Crippen LogP contribution in [0.25, 0.3) is 0 Å². The molecule has 0 saturated carbocycles.